The molecule has 0 aliphatic rings. The Kier molecular flexibility index (Phi) is 3.21. The average Bonchev–Trinajstić information content (AvgIpc) is 2.83. The van der Waals surface area contributed by atoms with Crippen LogP contribution in [0.15, 0.2) is 45.3 Å². The van der Waals surface area contributed by atoms with Gasteiger partial charge in [0.1, 0.15) is 11.3 Å². The summed E-state index contributed by atoms with van der Waals surface area (Å²) in [6, 6.07) is 11.1. The first-order valence-electron chi connectivity index (χ1n) is 5.58. The Morgan fingerprint density at radius 1 is 1.26 bits per heavy atom. The van der Waals surface area contributed by atoms with E-state index in [0.717, 1.165) is 21.3 Å². The summed E-state index contributed by atoms with van der Waals surface area (Å²) in [6.07, 6.45) is 0. The number of halogens is 2. The Morgan fingerprint density at radius 2 is 2.05 bits per heavy atom. The minimum atomic E-state index is 0.495. The van der Waals surface area contributed by atoms with E-state index in [0.29, 0.717) is 16.5 Å². The highest BCUT2D eigenvalue weighted by Gasteiger charge is 2.14. The minimum absolute atomic E-state index is 0.495. The van der Waals surface area contributed by atoms with Gasteiger partial charge in [0, 0.05) is 6.07 Å². The Morgan fingerprint density at radius 3 is 2.79 bits per heavy atom. The monoisotopic (exact) mass is 337 g/mol. The molecule has 0 bridgehead atoms. The lowest BCUT2D eigenvalue weighted by molar-refractivity contribution is 0.415. The number of ether oxygens (including phenoxy) is 1. The van der Waals surface area contributed by atoms with Gasteiger partial charge in [-0.25, -0.2) is 4.98 Å². The highest BCUT2D eigenvalue weighted by atomic mass is 79.9. The van der Waals surface area contributed by atoms with E-state index in [-0.39, 0.29) is 0 Å². The first-order chi connectivity index (χ1) is 9.19. The standard InChI is InChI=1S/C14H9BrClNO2/c1-18-8-6-10(15)13-12(7-8)17-14(19-13)9-4-2-3-5-11(9)16/h2-7H,1H3. The van der Waals surface area contributed by atoms with Crippen LogP contribution in [0.2, 0.25) is 5.02 Å². The fourth-order valence-corrected chi connectivity index (χ4v) is 2.56. The summed E-state index contributed by atoms with van der Waals surface area (Å²) in [5.41, 5.74) is 2.17. The fraction of sp³-hybridized carbons (Fsp3) is 0.0714. The molecule has 0 aliphatic heterocycles. The van der Waals surface area contributed by atoms with E-state index in [4.69, 9.17) is 20.8 Å². The number of rotatable bonds is 2. The molecule has 96 valence electrons. The number of hydrogen-bond donors (Lipinski definition) is 0. The number of aromatic nitrogens is 1. The van der Waals surface area contributed by atoms with Crippen LogP contribution >= 0.6 is 27.5 Å². The van der Waals surface area contributed by atoms with Crippen molar-refractivity contribution < 1.29 is 9.15 Å². The molecule has 0 atom stereocenters. The van der Waals surface area contributed by atoms with E-state index in [9.17, 15) is 0 Å². The van der Waals surface area contributed by atoms with Crippen molar-refractivity contribution in [2.45, 2.75) is 0 Å². The van der Waals surface area contributed by atoms with Crippen LogP contribution in [0, 0.1) is 0 Å². The maximum atomic E-state index is 6.15. The second-order valence-electron chi connectivity index (χ2n) is 3.96. The van der Waals surface area contributed by atoms with Gasteiger partial charge in [-0.05, 0) is 34.1 Å². The highest BCUT2D eigenvalue weighted by molar-refractivity contribution is 9.10. The number of nitrogens with zero attached hydrogens (tertiary/aromatic N) is 1. The molecule has 0 fully saturated rings. The molecule has 0 unspecified atom stereocenters. The topological polar surface area (TPSA) is 35.3 Å². The van der Waals surface area contributed by atoms with Crippen LogP contribution in [0.3, 0.4) is 0 Å². The van der Waals surface area contributed by atoms with Crippen molar-refractivity contribution in [3.05, 3.63) is 45.9 Å². The number of methoxy groups -OCH3 is 1. The molecule has 3 rings (SSSR count). The summed E-state index contributed by atoms with van der Waals surface area (Å²) < 4.78 is 11.8. The molecule has 5 heteroatoms. The van der Waals surface area contributed by atoms with Crippen LogP contribution in [-0.4, -0.2) is 12.1 Å². The zero-order valence-electron chi connectivity index (χ0n) is 9.98. The van der Waals surface area contributed by atoms with Gasteiger partial charge >= 0.3 is 0 Å². The van der Waals surface area contributed by atoms with Crippen molar-refractivity contribution in [2.75, 3.05) is 7.11 Å². The highest BCUT2D eigenvalue weighted by Crippen LogP contribution is 2.34. The third-order valence-electron chi connectivity index (χ3n) is 2.76. The Labute approximate surface area is 123 Å². The van der Waals surface area contributed by atoms with Crippen molar-refractivity contribution in [1.29, 1.82) is 0 Å². The van der Waals surface area contributed by atoms with Crippen LogP contribution < -0.4 is 4.74 Å². The van der Waals surface area contributed by atoms with E-state index < -0.39 is 0 Å². The molecule has 2 aromatic carbocycles. The molecule has 0 saturated carbocycles. The predicted molar refractivity (Wildman–Crippen MR) is 78.7 cm³/mol. The van der Waals surface area contributed by atoms with Gasteiger partial charge in [-0.2, -0.15) is 0 Å². The summed E-state index contributed by atoms with van der Waals surface area (Å²) in [5, 5.41) is 0.608. The maximum Gasteiger partial charge on any atom is 0.228 e. The van der Waals surface area contributed by atoms with E-state index in [1.807, 2.05) is 30.3 Å². The summed E-state index contributed by atoms with van der Waals surface area (Å²) in [4.78, 5) is 4.45. The second-order valence-corrected chi connectivity index (χ2v) is 5.22. The normalized spacial score (nSPS) is 10.9. The number of fused-ring (bicyclic) bond motifs is 1. The molecule has 0 N–H and O–H groups in total. The lowest BCUT2D eigenvalue weighted by atomic mass is 10.2. The molecule has 0 saturated heterocycles. The Balaban J connectivity index is 2.22. The van der Waals surface area contributed by atoms with E-state index >= 15 is 0 Å². The van der Waals surface area contributed by atoms with Crippen molar-refractivity contribution in [2.24, 2.45) is 0 Å². The second kappa shape index (κ2) is 4.87. The van der Waals surface area contributed by atoms with Crippen molar-refractivity contribution in [1.82, 2.24) is 4.98 Å². The van der Waals surface area contributed by atoms with Gasteiger partial charge in [0.15, 0.2) is 5.58 Å². The van der Waals surface area contributed by atoms with Gasteiger partial charge in [-0.1, -0.05) is 23.7 Å². The minimum Gasteiger partial charge on any atom is -0.497 e. The van der Waals surface area contributed by atoms with Gasteiger partial charge in [0.2, 0.25) is 5.89 Å². The molecule has 3 aromatic rings. The van der Waals surface area contributed by atoms with Gasteiger partial charge in [-0.3, -0.25) is 0 Å². The summed E-state index contributed by atoms with van der Waals surface area (Å²) >= 11 is 9.59. The fourth-order valence-electron chi connectivity index (χ4n) is 1.84. The van der Waals surface area contributed by atoms with E-state index in [1.165, 1.54) is 0 Å². The zero-order valence-corrected chi connectivity index (χ0v) is 12.3. The van der Waals surface area contributed by atoms with E-state index in [2.05, 4.69) is 20.9 Å². The van der Waals surface area contributed by atoms with Crippen LogP contribution in [0.1, 0.15) is 0 Å². The number of benzene rings is 2. The van der Waals surface area contributed by atoms with Gasteiger partial charge < -0.3 is 9.15 Å². The van der Waals surface area contributed by atoms with Crippen LogP contribution in [-0.2, 0) is 0 Å². The zero-order chi connectivity index (χ0) is 13.4. The molecule has 0 radical (unpaired) electrons. The lowest BCUT2D eigenvalue weighted by Crippen LogP contribution is -1.82. The number of oxazole rings is 1. The lowest BCUT2D eigenvalue weighted by Gasteiger charge is -1.99. The summed E-state index contributed by atoms with van der Waals surface area (Å²) in [5.74, 6) is 1.22. The van der Waals surface area contributed by atoms with Crippen molar-refractivity contribution >= 4 is 38.6 Å². The first-order valence-corrected chi connectivity index (χ1v) is 6.75. The first kappa shape index (κ1) is 12.5. The molecule has 1 heterocycles. The van der Waals surface area contributed by atoms with Crippen LogP contribution in [0.4, 0.5) is 0 Å². The molecule has 0 spiro atoms. The predicted octanol–water partition coefficient (Wildman–Crippen LogP) is 4.92. The molecular formula is C14H9BrClNO2. The van der Waals surface area contributed by atoms with Gasteiger partial charge in [0.25, 0.3) is 0 Å². The van der Waals surface area contributed by atoms with Crippen molar-refractivity contribution in [3.8, 4) is 17.2 Å². The molecule has 19 heavy (non-hydrogen) atoms. The van der Waals surface area contributed by atoms with Gasteiger partial charge in [-0.15, -0.1) is 0 Å². The van der Waals surface area contributed by atoms with Crippen LogP contribution in [0.25, 0.3) is 22.6 Å². The molecule has 3 nitrogen and oxygen atoms in total. The largest absolute Gasteiger partial charge is 0.497 e. The van der Waals surface area contributed by atoms with Crippen LogP contribution in [0.5, 0.6) is 5.75 Å². The van der Waals surface area contributed by atoms with E-state index in [1.54, 1.807) is 13.2 Å². The van der Waals surface area contributed by atoms with Crippen molar-refractivity contribution in [3.63, 3.8) is 0 Å². The third-order valence-corrected chi connectivity index (χ3v) is 3.68. The molecular weight excluding hydrogens is 330 g/mol. The SMILES string of the molecule is COc1cc(Br)c2oc(-c3ccccc3Cl)nc2c1. The Bertz CT molecular complexity index is 754. The molecule has 0 aliphatic carbocycles. The smallest absolute Gasteiger partial charge is 0.228 e. The third kappa shape index (κ3) is 2.22. The average molecular weight is 339 g/mol. The van der Waals surface area contributed by atoms with Gasteiger partial charge in [0.05, 0.1) is 22.2 Å². The Hall–Kier alpha value is -1.52. The quantitative estimate of drug-likeness (QED) is 0.665. The maximum absolute atomic E-state index is 6.15. The molecule has 1 aromatic heterocycles. The summed E-state index contributed by atoms with van der Waals surface area (Å²) in [7, 11) is 1.61. The summed E-state index contributed by atoms with van der Waals surface area (Å²) in [6.45, 7) is 0. The molecule has 0 amide bonds. The number of hydrogen-bond acceptors (Lipinski definition) is 3.